The number of fused-ring (bicyclic) bond motifs is 1. The molecule has 2 amide bonds. The summed E-state index contributed by atoms with van der Waals surface area (Å²) in [7, 11) is 0. The Balaban J connectivity index is 1.82. The summed E-state index contributed by atoms with van der Waals surface area (Å²) in [5.41, 5.74) is 0.397. The molecule has 1 saturated heterocycles. The first-order valence-corrected chi connectivity index (χ1v) is 8.14. The average molecular weight is 332 g/mol. The van der Waals surface area contributed by atoms with E-state index >= 15 is 0 Å². The van der Waals surface area contributed by atoms with E-state index in [0.29, 0.717) is 24.5 Å². The van der Waals surface area contributed by atoms with Gasteiger partial charge in [-0.3, -0.25) is 14.5 Å². The molecule has 2 aliphatic rings. The van der Waals surface area contributed by atoms with E-state index in [1.54, 1.807) is 4.90 Å². The summed E-state index contributed by atoms with van der Waals surface area (Å²) >= 11 is 0. The van der Waals surface area contributed by atoms with Gasteiger partial charge in [-0.15, -0.1) is 0 Å². The van der Waals surface area contributed by atoms with Crippen LogP contribution in [0.4, 0.5) is 5.69 Å². The van der Waals surface area contributed by atoms with E-state index in [1.807, 2.05) is 0 Å². The first kappa shape index (κ1) is 16.3. The van der Waals surface area contributed by atoms with Crippen LogP contribution in [0.25, 0.3) is 0 Å². The smallest absolute Gasteiger partial charge is 0.335 e. The molecular formula is C17H20N2O5. The van der Waals surface area contributed by atoms with E-state index < -0.39 is 5.97 Å². The first-order valence-electron chi connectivity index (χ1n) is 8.14. The van der Waals surface area contributed by atoms with Crippen LogP contribution in [0.15, 0.2) is 18.2 Å². The highest BCUT2D eigenvalue weighted by Crippen LogP contribution is 2.33. The van der Waals surface area contributed by atoms with Crippen molar-refractivity contribution in [3.05, 3.63) is 23.8 Å². The number of likely N-dealkylation sites (tertiary alicyclic amines) is 1. The second-order valence-corrected chi connectivity index (χ2v) is 6.05. The monoisotopic (exact) mass is 332 g/mol. The normalized spacial score (nSPS) is 17.8. The number of carboxylic acid groups (broad SMARTS) is 1. The second-order valence-electron chi connectivity index (χ2n) is 6.05. The summed E-state index contributed by atoms with van der Waals surface area (Å²) in [6, 6.07) is 4.32. The van der Waals surface area contributed by atoms with Crippen LogP contribution in [0.5, 0.6) is 5.75 Å². The van der Waals surface area contributed by atoms with Gasteiger partial charge in [0.2, 0.25) is 5.91 Å². The highest BCUT2D eigenvalue weighted by atomic mass is 16.5. The Morgan fingerprint density at radius 2 is 1.83 bits per heavy atom. The van der Waals surface area contributed by atoms with Crippen molar-refractivity contribution in [2.45, 2.75) is 25.7 Å². The van der Waals surface area contributed by atoms with Gasteiger partial charge < -0.3 is 14.7 Å². The minimum atomic E-state index is -1.09. The van der Waals surface area contributed by atoms with Gasteiger partial charge in [-0.25, -0.2) is 4.79 Å². The number of aromatic carboxylic acids is 1. The Kier molecular flexibility index (Phi) is 4.69. The SMILES string of the molecule is O=C(O)c1ccc2c(c1)N(CC(=O)N1CCCCCC1)C(=O)CO2. The third-order valence-electron chi connectivity index (χ3n) is 4.40. The number of carbonyl (C=O) groups is 3. The lowest BCUT2D eigenvalue weighted by molar-refractivity contribution is -0.132. The maximum atomic E-state index is 12.6. The standard InChI is InChI=1S/C17H20N2O5/c20-15(18-7-3-1-2-4-8-18)10-19-13-9-12(17(22)23)5-6-14(13)24-11-16(19)21/h5-6,9H,1-4,7-8,10-11H2,(H,22,23). The van der Waals surface area contributed by atoms with Gasteiger partial charge in [0.05, 0.1) is 11.3 Å². The van der Waals surface area contributed by atoms with Gasteiger partial charge in [0.25, 0.3) is 5.91 Å². The largest absolute Gasteiger partial charge is 0.482 e. The quantitative estimate of drug-likeness (QED) is 0.906. The molecule has 2 heterocycles. The van der Waals surface area contributed by atoms with E-state index in [2.05, 4.69) is 0 Å². The Labute approximate surface area is 139 Å². The second kappa shape index (κ2) is 6.90. The summed E-state index contributed by atoms with van der Waals surface area (Å²) in [5.74, 6) is -1.12. The molecular weight excluding hydrogens is 312 g/mol. The van der Waals surface area contributed by atoms with E-state index in [0.717, 1.165) is 25.7 Å². The number of benzene rings is 1. The lowest BCUT2D eigenvalue weighted by Gasteiger charge is -2.31. The molecule has 128 valence electrons. The van der Waals surface area contributed by atoms with Crippen molar-refractivity contribution in [1.29, 1.82) is 0 Å². The molecule has 1 N–H and O–H groups in total. The highest BCUT2D eigenvalue weighted by molar-refractivity contribution is 6.03. The van der Waals surface area contributed by atoms with Crippen LogP contribution < -0.4 is 9.64 Å². The Morgan fingerprint density at radius 3 is 2.50 bits per heavy atom. The molecule has 1 fully saturated rings. The zero-order valence-electron chi connectivity index (χ0n) is 13.4. The van der Waals surface area contributed by atoms with Crippen molar-refractivity contribution >= 4 is 23.5 Å². The molecule has 1 aromatic rings. The lowest BCUT2D eigenvalue weighted by atomic mass is 10.1. The van der Waals surface area contributed by atoms with Crippen molar-refractivity contribution in [3.63, 3.8) is 0 Å². The number of hydrogen-bond acceptors (Lipinski definition) is 4. The van der Waals surface area contributed by atoms with E-state index in [-0.39, 0.29) is 30.5 Å². The van der Waals surface area contributed by atoms with Crippen LogP contribution in [0.2, 0.25) is 0 Å². The molecule has 0 saturated carbocycles. The Morgan fingerprint density at radius 1 is 1.12 bits per heavy atom. The van der Waals surface area contributed by atoms with Crippen molar-refractivity contribution < 1.29 is 24.2 Å². The molecule has 0 aliphatic carbocycles. The number of amides is 2. The van der Waals surface area contributed by atoms with Gasteiger partial charge in [-0.2, -0.15) is 0 Å². The summed E-state index contributed by atoms with van der Waals surface area (Å²) in [6.07, 6.45) is 4.18. The Hall–Kier alpha value is -2.57. The zero-order chi connectivity index (χ0) is 17.1. The highest BCUT2D eigenvalue weighted by Gasteiger charge is 2.29. The number of hydrogen-bond donors (Lipinski definition) is 1. The zero-order valence-corrected chi connectivity index (χ0v) is 13.4. The van der Waals surface area contributed by atoms with Gasteiger partial charge in [-0.1, -0.05) is 12.8 Å². The number of rotatable bonds is 3. The molecule has 2 aliphatic heterocycles. The fourth-order valence-electron chi connectivity index (χ4n) is 3.06. The average Bonchev–Trinajstić information content (AvgIpc) is 2.86. The third kappa shape index (κ3) is 3.34. The minimum absolute atomic E-state index is 0.0549. The summed E-state index contributed by atoms with van der Waals surface area (Å²) in [6.45, 7) is 1.18. The van der Waals surface area contributed by atoms with Crippen LogP contribution in [-0.4, -0.2) is 54.0 Å². The van der Waals surface area contributed by atoms with Crippen LogP contribution in [0.3, 0.4) is 0 Å². The van der Waals surface area contributed by atoms with Crippen LogP contribution in [-0.2, 0) is 9.59 Å². The molecule has 0 radical (unpaired) electrons. The number of nitrogens with zero attached hydrogens (tertiary/aromatic N) is 2. The molecule has 24 heavy (non-hydrogen) atoms. The van der Waals surface area contributed by atoms with Crippen molar-refractivity contribution in [2.75, 3.05) is 31.1 Å². The molecule has 0 bridgehead atoms. The first-order chi connectivity index (χ1) is 11.6. The molecule has 0 atom stereocenters. The maximum Gasteiger partial charge on any atom is 0.335 e. The van der Waals surface area contributed by atoms with E-state index in [4.69, 9.17) is 9.84 Å². The number of carboxylic acids is 1. The van der Waals surface area contributed by atoms with E-state index in [9.17, 15) is 14.4 Å². The molecule has 0 aromatic heterocycles. The van der Waals surface area contributed by atoms with Gasteiger partial charge >= 0.3 is 5.97 Å². The predicted molar refractivity (Wildman–Crippen MR) is 86.3 cm³/mol. The number of carbonyl (C=O) groups excluding carboxylic acids is 2. The molecule has 0 unspecified atom stereocenters. The third-order valence-corrected chi connectivity index (χ3v) is 4.40. The van der Waals surface area contributed by atoms with Gasteiger partial charge in [0, 0.05) is 13.1 Å². The molecule has 7 nitrogen and oxygen atoms in total. The maximum absolute atomic E-state index is 12.6. The van der Waals surface area contributed by atoms with Crippen LogP contribution >= 0.6 is 0 Å². The minimum Gasteiger partial charge on any atom is -0.482 e. The van der Waals surface area contributed by atoms with Crippen LogP contribution in [0.1, 0.15) is 36.0 Å². The molecule has 7 heteroatoms. The summed E-state index contributed by atoms with van der Waals surface area (Å²) in [4.78, 5) is 39.1. The molecule has 0 spiro atoms. The van der Waals surface area contributed by atoms with Gasteiger partial charge in [0.15, 0.2) is 6.61 Å². The van der Waals surface area contributed by atoms with Crippen LogP contribution in [0, 0.1) is 0 Å². The number of anilines is 1. The fourth-order valence-corrected chi connectivity index (χ4v) is 3.06. The lowest BCUT2D eigenvalue weighted by Crippen LogP contribution is -2.46. The van der Waals surface area contributed by atoms with Gasteiger partial charge in [0.1, 0.15) is 12.3 Å². The number of ether oxygens (including phenoxy) is 1. The molecule has 3 rings (SSSR count). The Bertz CT molecular complexity index is 665. The van der Waals surface area contributed by atoms with Crippen molar-refractivity contribution in [2.24, 2.45) is 0 Å². The summed E-state index contributed by atoms with van der Waals surface area (Å²) < 4.78 is 5.34. The van der Waals surface area contributed by atoms with Crippen molar-refractivity contribution in [1.82, 2.24) is 4.90 Å². The molecule has 1 aromatic carbocycles. The summed E-state index contributed by atoms with van der Waals surface area (Å²) in [5, 5.41) is 9.14. The van der Waals surface area contributed by atoms with Gasteiger partial charge in [-0.05, 0) is 31.0 Å². The van der Waals surface area contributed by atoms with E-state index in [1.165, 1.54) is 23.1 Å². The predicted octanol–water partition coefficient (Wildman–Crippen LogP) is 1.51. The fraction of sp³-hybridized carbons (Fsp3) is 0.471. The van der Waals surface area contributed by atoms with Crippen molar-refractivity contribution in [3.8, 4) is 5.75 Å². The topological polar surface area (TPSA) is 87.2 Å².